The van der Waals surface area contributed by atoms with E-state index in [1.165, 1.54) is 7.11 Å². The van der Waals surface area contributed by atoms with E-state index in [2.05, 4.69) is 5.32 Å². The van der Waals surface area contributed by atoms with Crippen LogP contribution in [0.15, 0.2) is 24.3 Å². The third kappa shape index (κ3) is 4.84. The number of likely N-dealkylation sites (tertiary alicyclic amines) is 1. The first-order chi connectivity index (χ1) is 12.3. The van der Waals surface area contributed by atoms with Crippen LogP contribution in [-0.2, 0) is 14.3 Å². The van der Waals surface area contributed by atoms with E-state index in [1.54, 1.807) is 4.90 Å². The van der Waals surface area contributed by atoms with Crippen molar-refractivity contribution < 1.29 is 19.1 Å². The molecule has 0 radical (unpaired) electrons. The van der Waals surface area contributed by atoms with Crippen molar-refractivity contribution in [2.75, 3.05) is 20.2 Å². The van der Waals surface area contributed by atoms with Gasteiger partial charge >= 0.3 is 5.97 Å². The lowest BCUT2D eigenvalue weighted by molar-refractivity contribution is -0.147. The Morgan fingerprint density at radius 1 is 1.19 bits per heavy atom. The molecule has 1 fully saturated rings. The van der Waals surface area contributed by atoms with E-state index in [9.17, 15) is 14.4 Å². The van der Waals surface area contributed by atoms with Crippen LogP contribution in [0.25, 0.3) is 0 Å². The van der Waals surface area contributed by atoms with Crippen LogP contribution in [0.3, 0.4) is 0 Å². The molecule has 6 nitrogen and oxygen atoms in total. The minimum atomic E-state index is -0.671. The molecule has 2 unspecified atom stereocenters. The number of piperidine rings is 1. The number of hydrogen-bond acceptors (Lipinski definition) is 4. The summed E-state index contributed by atoms with van der Waals surface area (Å²) in [6, 6.07) is 6.77. The summed E-state index contributed by atoms with van der Waals surface area (Å²) < 4.78 is 4.77. The van der Waals surface area contributed by atoms with E-state index < -0.39 is 12.0 Å². The fourth-order valence-corrected chi connectivity index (χ4v) is 3.15. The number of esters is 1. The molecule has 1 aromatic carbocycles. The van der Waals surface area contributed by atoms with Crippen LogP contribution in [-0.4, -0.2) is 48.9 Å². The van der Waals surface area contributed by atoms with Crippen LogP contribution < -0.4 is 5.32 Å². The van der Waals surface area contributed by atoms with Crippen LogP contribution in [0.2, 0.25) is 0 Å². The minimum absolute atomic E-state index is 0.0594. The zero-order valence-corrected chi connectivity index (χ0v) is 16.0. The van der Waals surface area contributed by atoms with Gasteiger partial charge in [-0.2, -0.15) is 0 Å². The van der Waals surface area contributed by atoms with Crippen LogP contribution >= 0.6 is 0 Å². The number of carbonyl (C=O) groups excluding carboxylic acids is 3. The van der Waals surface area contributed by atoms with Crippen molar-refractivity contribution in [1.29, 1.82) is 0 Å². The number of ether oxygens (including phenoxy) is 1. The van der Waals surface area contributed by atoms with E-state index >= 15 is 0 Å². The zero-order valence-electron chi connectivity index (χ0n) is 16.0. The van der Waals surface area contributed by atoms with E-state index in [0.717, 1.165) is 12.0 Å². The summed E-state index contributed by atoms with van der Waals surface area (Å²) in [5.74, 6) is -1.09. The number of nitrogens with zero attached hydrogens (tertiary/aromatic N) is 1. The summed E-state index contributed by atoms with van der Waals surface area (Å²) in [5.41, 5.74) is 1.73. The van der Waals surface area contributed by atoms with Gasteiger partial charge in [-0.3, -0.25) is 9.59 Å². The highest BCUT2D eigenvalue weighted by atomic mass is 16.5. The fourth-order valence-electron chi connectivity index (χ4n) is 3.15. The van der Waals surface area contributed by atoms with Crippen molar-refractivity contribution in [1.82, 2.24) is 10.2 Å². The van der Waals surface area contributed by atoms with Crippen LogP contribution in [0, 0.1) is 18.8 Å². The summed E-state index contributed by atoms with van der Waals surface area (Å²) in [6.07, 6.45) is 1.47. The zero-order chi connectivity index (χ0) is 19.3. The Balaban J connectivity index is 2.02. The summed E-state index contributed by atoms with van der Waals surface area (Å²) >= 11 is 0. The van der Waals surface area contributed by atoms with Crippen molar-refractivity contribution in [2.45, 2.75) is 39.7 Å². The van der Waals surface area contributed by atoms with Crippen molar-refractivity contribution in [3.63, 3.8) is 0 Å². The molecule has 26 heavy (non-hydrogen) atoms. The van der Waals surface area contributed by atoms with Gasteiger partial charge in [0.15, 0.2) is 0 Å². The first kappa shape index (κ1) is 19.9. The van der Waals surface area contributed by atoms with Gasteiger partial charge in [-0.25, -0.2) is 4.79 Å². The predicted molar refractivity (Wildman–Crippen MR) is 98.6 cm³/mol. The highest BCUT2D eigenvalue weighted by Crippen LogP contribution is 2.20. The maximum Gasteiger partial charge on any atom is 0.328 e. The van der Waals surface area contributed by atoms with Crippen LogP contribution in [0.1, 0.15) is 42.6 Å². The molecule has 2 rings (SSSR count). The molecule has 1 aromatic rings. The quantitative estimate of drug-likeness (QED) is 0.817. The third-order valence-corrected chi connectivity index (χ3v) is 4.80. The Bertz CT molecular complexity index is 654. The number of hydrogen-bond donors (Lipinski definition) is 1. The summed E-state index contributed by atoms with van der Waals surface area (Å²) in [7, 11) is 1.31. The molecule has 0 spiro atoms. The molecule has 142 valence electrons. The lowest BCUT2D eigenvalue weighted by atomic mass is 9.95. The van der Waals surface area contributed by atoms with Crippen molar-refractivity contribution >= 4 is 17.8 Å². The normalized spacial score (nSPS) is 18.3. The van der Waals surface area contributed by atoms with E-state index in [4.69, 9.17) is 4.74 Å². The Kier molecular flexibility index (Phi) is 6.77. The average Bonchev–Trinajstić information content (AvgIpc) is 2.65. The van der Waals surface area contributed by atoms with E-state index in [-0.39, 0.29) is 23.7 Å². The number of methoxy groups -OCH3 is 1. The molecule has 2 atom stereocenters. The molecule has 1 N–H and O–H groups in total. The number of aryl methyl sites for hydroxylation is 1. The smallest absolute Gasteiger partial charge is 0.328 e. The molecular formula is C20H28N2O4. The molecule has 6 heteroatoms. The summed E-state index contributed by atoms with van der Waals surface area (Å²) in [4.78, 5) is 38.9. The molecule has 0 aliphatic carbocycles. The average molecular weight is 360 g/mol. The predicted octanol–water partition coefficient (Wildman–Crippen LogP) is 2.16. The second-order valence-corrected chi connectivity index (χ2v) is 7.21. The lowest BCUT2D eigenvalue weighted by Gasteiger charge is -2.33. The van der Waals surface area contributed by atoms with Crippen molar-refractivity contribution in [3.05, 3.63) is 35.4 Å². The van der Waals surface area contributed by atoms with Crippen molar-refractivity contribution in [2.24, 2.45) is 11.8 Å². The van der Waals surface area contributed by atoms with Gasteiger partial charge < -0.3 is 15.0 Å². The van der Waals surface area contributed by atoms with E-state index in [1.807, 2.05) is 45.0 Å². The van der Waals surface area contributed by atoms with Gasteiger partial charge in [-0.15, -0.1) is 0 Å². The van der Waals surface area contributed by atoms with Gasteiger partial charge in [-0.05, 0) is 37.8 Å². The minimum Gasteiger partial charge on any atom is -0.467 e. The molecule has 0 bridgehead atoms. The third-order valence-electron chi connectivity index (χ3n) is 4.80. The van der Waals surface area contributed by atoms with Gasteiger partial charge in [0, 0.05) is 18.7 Å². The number of rotatable bonds is 5. The lowest BCUT2D eigenvalue weighted by Crippen LogP contribution is -2.51. The number of amides is 2. The topological polar surface area (TPSA) is 75.7 Å². The molecule has 1 heterocycles. The molecule has 1 aliphatic rings. The largest absolute Gasteiger partial charge is 0.467 e. The van der Waals surface area contributed by atoms with Crippen LogP contribution in [0.4, 0.5) is 0 Å². The number of nitrogens with one attached hydrogen (secondary N) is 1. The van der Waals surface area contributed by atoms with Gasteiger partial charge in [0.1, 0.15) is 6.04 Å². The highest BCUT2D eigenvalue weighted by Gasteiger charge is 2.32. The first-order valence-electron chi connectivity index (χ1n) is 9.07. The van der Waals surface area contributed by atoms with Gasteiger partial charge in [0.25, 0.3) is 5.91 Å². The SMILES string of the molecule is COC(=O)C(NC(=O)C1CCCN(C(=O)c2ccc(C)cc2)C1)C(C)C. The number of carbonyl (C=O) groups is 3. The Morgan fingerprint density at radius 3 is 2.42 bits per heavy atom. The number of benzene rings is 1. The van der Waals surface area contributed by atoms with Gasteiger partial charge in [0.05, 0.1) is 13.0 Å². The molecule has 0 saturated carbocycles. The second kappa shape index (κ2) is 8.83. The summed E-state index contributed by atoms with van der Waals surface area (Å²) in [5, 5.41) is 2.79. The Hall–Kier alpha value is -2.37. The standard InChI is InChI=1S/C20H28N2O4/c1-13(2)17(20(25)26-4)21-18(23)16-6-5-11-22(12-16)19(24)15-9-7-14(3)8-10-15/h7-10,13,16-17H,5-6,11-12H2,1-4H3,(H,21,23). The van der Waals surface area contributed by atoms with E-state index in [0.29, 0.717) is 25.1 Å². The van der Waals surface area contributed by atoms with Gasteiger partial charge in [-0.1, -0.05) is 31.5 Å². The highest BCUT2D eigenvalue weighted by molar-refractivity contribution is 5.95. The fraction of sp³-hybridized carbons (Fsp3) is 0.550. The molecule has 0 aromatic heterocycles. The Morgan fingerprint density at radius 2 is 1.85 bits per heavy atom. The maximum atomic E-state index is 12.7. The second-order valence-electron chi connectivity index (χ2n) is 7.21. The van der Waals surface area contributed by atoms with Gasteiger partial charge in [0.2, 0.25) is 5.91 Å². The molecule has 1 saturated heterocycles. The Labute approximate surface area is 154 Å². The first-order valence-corrected chi connectivity index (χ1v) is 9.07. The van der Waals surface area contributed by atoms with Crippen LogP contribution in [0.5, 0.6) is 0 Å². The molecule has 1 aliphatic heterocycles. The van der Waals surface area contributed by atoms with Crippen molar-refractivity contribution in [3.8, 4) is 0 Å². The monoisotopic (exact) mass is 360 g/mol. The molecule has 2 amide bonds. The molecular weight excluding hydrogens is 332 g/mol. The summed E-state index contributed by atoms with van der Waals surface area (Å²) in [6.45, 7) is 6.69. The maximum absolute atomic E-state index is 12.7.